The SMILES string of the molecule is Cl[CH]SCCl. The quantitative estimate of drug-likeness (QED) is 0.516. The third-order valence-electron chi connectivity index (χ3n) is 0.126. The standard InChI is InChI=1S/C2H3Cl2S/c3-1-5-2-4/h1H,2H2. The van der Waals surface area contributed by atoms with Gasteiger partial charge in [-0.1, -0.05) is 0 Å². The molecule has 0 N–H and O–H groups in total. The monoisotopic (exact) mass is 129 g/mol. The van der Waals surface area contributed by atoms with Crippen molar-refractivity contribution >= 4 is 35.0 Å². The molecular weight excluding hydrogens is 127 g/mol. The first kappa shape index (κ1) is 5.93. The highest BCUT2D eigenvalue weighted by molar-refractivity contribution is 8.03. The van der Waals surface area contributed by atoms with Crippen LogP contribution in [0.15, 0.2) is 0 Å². The third kappa shape index (κ3) is 4.93. The normalized spacial score (nSPS) is 8.40. The van der Waals surface area contributed by atoms with Gasteiger partial charge in [0.05, 0.1) is 5.21 Å². The van der Waals surface area contributed by atoms with Gasteiger partial charge >= 0.3 is 0 Å². The minimum Gasteiger partial charge on any atom is -0.124 e. The lowest BCUT2D eigenvalue weighted by molar-refractivity contribution is 2.23. The zero-order chi connectivity index (χ0) is 4.12. The Balaban J connectivity index is 2.19. The van der Waals surface area contributed by atoms with E-state index in [0.29, 0.717) is 5.21 Å². The van der Waals surface area contributed by atoms with Crippen molar-refractivity contribution in [2.75, 3.05) is 5.21 Å². The van der Waals surface area contributed by atoms with Crippen LogP contribution in [0.5, 0.6) is 0 Å². The molecule has 0 heterocycles. The van der Waals surface area contributed by atoms with E-state index in [1.165, 1.54) is 17.0 Å². The summed E-state index contributed by atoms with van der Waals surface area (Å²) in [5.41, 5.74) is 0. The van der Waals surface area contributed by atoms with Crippen LogP contribution in [0.3, 0.4) is 0 Å². The molecule has 0 bridgehead atoms. The van der Waals surface area contributed by atoms with Gasteiger partial charge in [0.2, 0.25) is 0 Å². The molecule has 0 aliphatic heterocycles. The van der Waals surface area contributed by atoms with Crippen molar-refractivity contribution in [1.29, 1.82) is 0 Å². The molecular formula is C2H3Cl2S. The molecule has 5 heavy (non-hydrogen) atoms. The van der Waals surface area contributed by atoms with Crippen LogP contribution in [0.1, 0.15) is 0 Å². The Labute approximate surface area is 45.8 Å². The Morgan fingerprint density at radius 3 is 2.40 bits per heavy atom. The molecule has 0 spiro atoms. The fourth-order valence-electron chi connectivity index (χ4n) is 0.0238. The molecule has 0 aliphatic carbocycles. The number of alkyl halides is 1. The fraction of sp³-hybridized carbons (Fsp3) is 0.500. The lowest BCUT2D eigenvalue weighted by Crippen LogP contribution is -1.48. The predicted molar refractivity (Wildman–Crippen MR) is 28.5 cm³/mol. The first-order valence-electron chi connectivity index (χ1n) is 1.01. The average molecular weight is 130 g/mol. The van der Waals surface area contributed by atoms with Crippen LogP contribution in [0, 0.1) is 5.21 Å². The predicted octanol–water partition coefficient (Wildman–Crippen LogP) is 2.27. The van der Waals surface area contributed by atoms with Gasteiger partial charge in [0.15, 0.2) is 0 Å². The van der Waals surface area contributed by atoms with Crippen LogP contribution in [-0.4, -0.2) is 5.21 Å². The van der Waals surface area contributed by atoms with Crippen LogP contribution in [0.2, 0.25) is 0 Å². The Morgan fingerprint density at radius 1 is 1.80 bits per heavy atom. The molecule has 0 saturated carbocycles. The maximum atomic E-state index is 5.15. The molecule has 0 aromatic rings. The lowest BCUT2D eigenvalue weighted by Gasteiger charge is -1.75. The largest absolute Gasteiger partial charge is 0.124 e. The van der Waals surface area contributed by atoms with E-state index in [2.05, 4.69) is 0 Å². The molecule has 0 rings (SSSR count). The summed E-state index contributed by atoms with van der Waals surface area (Å²) in [6, 6.07) is 0. The average Bonchev–Trinajstić information content (AvgIpc) is 1.41. The van der Waals surface area contributed by atoms with E-state index in [0.717, 1.165) is 0 Å². The van der Waals surface area contributed by atoms with Crippen molar-refractivity contribution in [3.63, 3.8) is 0 Å². The summed E-state index contributed by atoms with van der Waals surface area (Å²) in [7, 11) is 0. The van der Waals surface area contributed by atoms with E-state index in [1.807, 2.05) is 0 Å². The first-order chi connectivity index (χ1) is 2.41. The van der Waals surface area contributed by atoms with Gasteiger partial charge in [-0.05, 0) is 0 Å². The van der Waals surface area contributed by atoms with Crippen LogP contribution < -0.4 is 0 Å². The van der Waals surface area contributed by atoms with E-state index in [1.54, 1.807) is 0 Å². The van der Waals surface area contributed by atoms with Crippen molar-refractivity contribution in [2.24, 2.45) is 0 Å². The van der Waals surface area contributed by atoms with Gasteiger partial charge in [0.25, 0.3) is 0 Å². The first-order valence-corrected chi connectivity index (χ1v) is 3.03. The van der Waals surface area contributed by atoms with Gasteiger partial charge in [-0.3, -0.25) is 0 Å². The Bertz CT molecular complexity index is 15.1. The summed E-state index contributed by atoms with van der Waals surface area (Å²) < 4.78 is 0. The second kappa shape index (κ2) is 4.93. The summed E-state index contributed by atoms with van der Waals surface area (Å²) in [6.07, 6.45) is 0. The van der Waals surface area contributed by atoms with Crippen molar-refractivity contribution in [3.8, 4) is 0 Å². The Kier molecular flexibility index (Phi) is 5.85. The van der Waals surface area contributed by atoms with Crippen molar-refractivity contribution in [3.05, 3.63) is 5.21 Å². The van der Waals surface area contributed by atoms with Gasteiger partial charge in [0, 0.05) is 0 Å². The molecule has 0 aromatic carbocycles. The Morgan fingerprint density at radius 2 is 2.40 bits per heavy atom. The molecule has 1 radical (unpaired) electrons. The molecule has 31 valence electrons. The summed E-state index contributed by atoms with van der Waals surface area (Å²) in [5.74, 6) is 0. The van der Waals surface area contributed by atoms with Crippen molar-refractivity contribution in [1.82, 2.24) is 0 Å². The number of rotatable bonds is 2. The van der Waals surface area contributed by atoms with Gasteiger partial charge < -0.3 is 0 Å². The van der Waals surface area contributed by atoms with E-state index >= 15 is 0 Å². The molecule has 0 unspecified atom stereocenters. The van der Waals surface area contributed by atoms with Crippen LogP contribution in [-0.2, 0) is 0 Å². The molecule has 0 fully saturated rings. The third-order valence-corrected chi connectivity index (χ3v) is 1.13. The van der Waals surface area contributed by atoms with E-state index < -0.39 is 0 Å². The topological polar surface area (TPSA) is 0 Å². The van der Waals surface area contributed by atoms with Crippen LogP contribution in [0.25, 0.3) is 0 Å². The molecule has 0 nitrogen and oxygen atoms in total. The maximum Gasteiger partial charge on any atom is 0.106 e. The van der Waals surface area contributed by atoms with Crippen LogP contribution in [0.4, 0.5) is 0 Å². The zero-order valence-electron chi connectivity index (χ0n) is 2.45. The number of thioether (sulfide) groups is 1. The van der Waals surface area contributed by atoms with Gasteiger partial charge in [-0.25, -0.2) is 0 Å². The summed E-state index contributed by atoms with van der Waals surface area (Å²) >= 11 is 11.6. The second-order valence-corrected chi connectivity index (χ2v) is 2.28. The minimum absolute atomic E-state index is 0.545. The summed E-state index contributed by atoms with van der Waals surface area (Å²) in [5, 5.41) is 1.98. The number of hydrogen-bond acceptors (Lipinski definition) is 1. The highest BCUT2D eigenvalue weighted by atomic mass is 35.5. The van der Waals surface area contributed by atoms with Crippen molar-refractivity contribution < 1.29 is 0 Å². The lowest BCUT2D eigenvalue weighted by atomic mass is 11.9. The highest BCUT2D eigenvalue weighted by Gasteiger charge is 1.72. The number of halogens is 2. The van der Waals surface area contributed by atoms with Crippen molar-refractivity contribution in [2.45, 2.75) is 0 Å². The molecule has 3 heteroatoms. The van der Waals surface area contributed by atoms with Crippen LogP contribution >= 0.6 is 35.0 Å². The number of hydrogen-bond donors (Lipinski definition) is 0. The fourth-order valence-corrected chi connectivity index (χ4v) is 0.643. The zero-order valence-corrected chi connectivity index (χ0v) is 4.78. The summed E-state index contributed by atoms with van der Waals surface area (Å²) in [4.78, 5) is 0. The molecule has 0 saturated heterocycles. The molecule has 0 aromatic heterocycles. The molecule has 0 atom stereocenters. The Hall–Kier alpha value is 0.930. The second-order valence-electron chi connectivity index (χ2n) is 0.365. The highest BCUT2D eigenvalue weighted by Crippen LogP contribution is 2.08. The van der Waals surface area contributed by atoms with Gasteiger partial charge in [-0.15, -0.1) is 35.0 Å². The molecule has 0 amide bonds. The van der Waals surface area contributed by atoms with Gasteiger partial charge in [-0.2, -0.15) is 0 Å². The molecule has 0 aliphatic rings. The van der Waals surface area contributed by atoms with Gasteiger partial charge in [0.1, 0.15) is 5.21 Å². The van der Waals surface area contributed by atoms with E-state index in [9.17, 15) is 0 Å². The van der Waals surface area contributed by atoms with E-state index in [4.69, 9.17) is 23.2 Å². The van der Waals surface area contributed by atoms with E-state index in [-0.39, 0.29) is 0 Å². The summed E-state index contributed by atoms with van der Waals surface area (Å²) in [6.45, 7) is 0. The smallest absolute Gasteiger partial charge is 0.106 e. The minimum atomic E-state index is 0.545. The maximum absolute atomic E-state index is 5.15.